The number of ether oxygens (including phenoxy) is 2. The third-order valence-electron chi connectivity index (χ3n) is 3.89. The van der Waals surface area contributed by atoms with Gasteiger partial charge < -0.3 is 25.4 Å². The van der Waals surface area contributed by atoms with Crippen molar-refractivity contribution in [3.05, 3.63) is 72.4 Å². The normalized spacial score (nSPS) is 10.0. The maximum absolute atomic E-state index is 11.6. The Labute approximate surface area is 174 Å². The van der Waals surface area contributed by atoms with Gasteiger partial charge in [-0.25, -0.2) is 4.98 Å². The van der Waals surface area contributed by atoms with Crippen molar-refractivity contribution in [2.45, 2.75) is 0 Å². The Morgan fingerprint density at radius 2 is 1.72 bits per heavy atom. The molecule has 0 atom stereocenters. The number of aromatic nitrogens is 1. The van der Waals surface area contributed by atoms with Crippen molar-refractivity contribution in [3.63, 3.8) is 0 Å². The summed E-state index contributed by atoms with van der Waals surface area (Å²) in [7, 11) is 3.19. The second kappa shape index (κ2) is 9.52. The lowest BCUT2D eigenvalue weighted by molar-refractivity contribution is 0.0962. The molecule has 0 radical (unpaired) electrons. The number of hydrogen-bond donors (Lipinski definition) is 3. The van der Waals surface area contributed by atoms with Crippen LogP contribution in [-0.2, 0) is 0 Å². The van der Waals surface area contributed by atoms with Crippen LogP contribution in [0.15, 0.2) is 66.9 Å². The van der Waals surface area contributed by atoms with Crippen LogP contribution in [0.5, 0.6) is 17.4 Å². The Morgan fingerprint density at radius 3 is 2.38 bits per heavy atom. The highest BCUT2D eigenvalue weighted by molar-refractivity contribution is 7.80. The van der Waals surface area contributed by atoms with Crippen LogP contribution in [0.1, 0.15) is 10.4 Å². The van der Waals surface area contributed by atoms with Crippen molar-refractivity contribution in [2.24, 2.45) is 0 Å². The number of hydrogen-bond acceptors (Lipinski definition) is 5. The molecule has 1 heterocycles. The number of amides is 1. The van der Waals surface area contributed by atoms with Crippen molar-refractivity contribution in [3.8, 4) is 17.4 Å². The number of pyridine rings is 1. The summed E-state index contributed by atoms with van der Waals surface area (Å²) >= 11 is 5.36. The molecule has 0 spiro atoms. The third kappa shape index (κ3) is 5.66. The molecule has 0 fully saturated rings. The van der Waals surface area contributed by atoms with E-state index in [1.165, 1.54) is 6.20 Å². The fourth-order valence-electron chi connectivity index (χ4n) is 2.45. The van der Waals surface area contributed by atoms with E-state index in [1.807, 2.05) is 36.4 Å². The Bertz CT molecular complexity index is 992. The summed E-state index contributed by atoms with van der Waals surface area (Å²) in [6.07, 6.45) is 1.46. The summed E-state index contributed by atoms with van der Waals surface area (Å²) in [5.74, 6) is 1.54. The molecular weight excluding hydrogens is 388 g/mol. The van der Waals surface area contributed by atoms with Crippen LogP contribution in [0, 0.1) is 0 Å². The predicted octanol–water partition coefficient (Wildman–Crippen LogP) is 4.05. The summed E-state index contributed by atoms with van der Waals surface area (Å²) in [6.45, 7) is 0. The van der Waals surface area contributed by atoms with Crippen LogP contribution in [-0.4, -0.2) is 30.2 Å². The number of thiocarbonyl (C=S) groups is 1. The molecule has 8 heteroatoms. The van der Waals surface area contributed by atoms with Gasteiger partial charge in [0.2, 0.25) is 5.88 Å². The average molecular weight is 408 g/mol. The van der Waals surface area contributed by atoms with Crippen LogP contribution in [0.2, 0.25) is 0 Å². The first-order chi connectivity index (χ1) is 14.1. The van der Waals surface area contributed by atoms with Gasteiger partial charge in [0.15, 0.2) is 5.11 Å². The first-order valence-electron chi connectivity index (χ1n) is 8.75. The van der Waals surface area contributed by atoms with Crippen molar-refractivity contribution in [1.29, 1.82) is 0 Å². The maximum Gasteiger partial charge on any atom is 0.252 e. The van der Waals surface area contributed by atoms with Crippen molar-refractivity contribution in [2.75, 3.05) is 24.8 Å². The molecule has 148 valence electrons. The fraction of sp³-hybridized carbons (Fsp3) is 0.0952. The van der Waals surface area contributed by atoms with Gasteiger partial charge >= 0.3 is 0 Å². The molecule has 0 aliphatic carbocycles. The van der Waals surface area contributed by atoms with Gasteiger partial charge in [-0.15, -0.1) is 0 Å². The van der Waals surface area contributed by atoms with Crippen LogP contribution >= 0.6 is 12.2 Å². The smallest absolute Gasteiger partial charge is 0.252 e. The van der Waals surface area contributed by atoms with Gasteiger partial charge in [-0.1, -0.05) is 6.07 Å². The molecule has 2 aromatic carbocycles. The topological polar surface area (TPSA) is 84.5 Å². The summed E-state index contributed by atoms with van der Waals surface area (Å²) in [5, 5.41) is 9.21. The highest BCUT2D eigenvalue weighted by atomic mass is 32.1. The quantitative estimate of drug-likeness (QED) is 0.531. The van der Waals surface area contributed by atoms with Gasteiger partial charge in [-0.05, 0) is 54.7 Å². The molecule has 3 rings (SSSR count). The number of anilines is 2. The van der Waals surface area contributed by atoms with Crippen LogP contribution < -0.4 is 25.4 Å². The molecule has 1 aromatic heterocycles. The fourth-order valence-corrected chi connectivity index (χ4v) is 2.68. The minimum absolute atomic E-state index is 0.201. The van der Waals surface area contributed by atoms with Crippen LogP contribution in [0.3, 0.4) is 0 Å². The number of carbonyl (C=O) groups is 1. The summed E-state index contributed by atoms with van der Waals surface area (Å²) in [6, 6.07) is 18.1. The first kappa shape index (κ1) is 20.1. The zero-order valence-electron chi connectivity index (χ0n) is 15.9. The highest BCUT2D eigenvalue weighted by Gasteiger charge is 2.06. The number of methoxy groups -OCH3 is 1. The van der Waals surface area contributed by atoms with Crippen molar-refractivity contribution >= 4 is 34.6 Å². The van der Waals surface area contributed by atoms with Gasteiger partial charge in [0.05, 0.1) is 12.7 Å². The number of nitrogens with zero attached hydrogens (tertiary/aromatic N) is 1. The minimum atomic E-state index is -0.201. The molecular formula is C21H20N4O3S. The van der Waals surface area contributed by atoms with Gasteiger partial charge in [0.25, 0.3) is 5.91 Å². The lowest BCUT2D eigenvalue weighted by atomic mass is 10.2. The van der Waals surface area contributed by atoms with Gasteiger partial charge in [0.1, 0.15) is 11.5 Å². The maximum atomic E-state index is 11.6. The average Bonchev–Trinajstić information content (AvgIpc) is 2.74. The SMILES string of the molecule is CNC(=O)c1ccc(Oc2cccc(NC(=S)Nc3ccc(OC)cc3)c2)nc1. The molecule has 0 aliphatic rings. The van der Waals surface area contributed by atoms with E-state index in [4.69, 9.17) is 21.7 Å². The monoisotopic (exact) mass is 408 g/mol. The predicted molar refractivity (Wildman–Crippen MR) is 117 cm³/mol. The number of carbonyl (C=O) groups excluding carboxylic acids is 1. The van der Waals surface area contributed by atoms with E-state index >= 15 is 0 Å². The number of benzene rings is 2. The lowest BCUT2D eigenvalue weighted by Gasteiger charge is -2.12. The number of nitrogens with one attached hydrogen (secondary N) is 3. The molecule has 0 bridgehead atoms. The molecule has 0 saturated carbocycles. The Kier molecular flexibility index (Phi) is 6.59. The highest BCUT2D eigenvalue weighted by Crippen LogP contribution is 2.23. The van der Waals surface area contributed by atoms with Crippen molar-refractivity contribution < 1.29 is 14.3 Å². The summed E-state index contributed by atoms with van der Waals surface area (Å²) in [4.78, 5) is 15.7. The molecule has 0 aliphatic heterocycles. The minimum Gasteiger partial charge on any atom is -0.497 e. The molecule has 0 unspecified atom stereocenters. The second-order valence-corrected chi connectivity index (χ2v) is 6.31. The second-order valence-electron chi connectivity index (χ2n) is 5.90. The summed E-state index contributed by atoms with van der Waals surface area (Å²) < 4.78 is 10.9. The van der Waals surface area contributed by atoms with E-state index in [2.05, 4.69) is 20.9 Å². The molecule has 3 N–H and O–H groups in total. The molecule has 3 aromatic rings. The van der Waals surface area contributed by atoms with Gasteiger partial charge in [0, 0.05) is 36.8 Å². The molecule has 0 saturated heterocycles. The van der Waals surface area contributed by atoms with Crippen molar-refractivity contribution in [1.82, 2.24) is 10.3 Å². The zero-order valence-corrected chi connectivity index (χ0v) is 16.7. The van der Waals surface area contributed by atoms with Crippen LogP contribution in [0.25, 0.3) is 0 Å². The van der Waals surface area contributed by atoms with Gasteiger partial charge in [-0.2, -0.15) is 0 Å². The zero-order chi connectivity index (χ0) is 20.6. The van der Waals surface area contributed by atoms with E-state index in [0.717, 1.165) is 17.1 Å². The Morgan fingerprint density at radius 1 is 0.966 bits per heavy atom. The van der Waals surface area contributed by atoms with E-state index in [1.54, 1.807) is 38.4 Å². The third-order valence-corrected chi connectivity index (χ3v) is 4.09. The first-order valence-corrected chi connectivity index (χ1v) is 9.16. The standard InChI is InChI=1S/C21H20N4O3S/c1-22-20(26)14-6-11-19(23-13-14)28-18-5-3-4-16(12-18)25-21(29)24-15-7-9-17(27-2)10-8-15/h3-13H,1-2H3,(H,22,26)(H2,24,25,29). The van der Waals surface area contributed by atoms with Gasteiger partial charge in [-0.3, -0.25) is 4.79 Å². The lowest BCUT2D eigenvalue weighted by Crippen LogP contribution is -2.18. The van der Waals surface area contributed by atoms with Crippen LogP contribution in [0.4, 0.5) is 11.4 Å². The molecule has 1 amide bonds. The van der Waals surface area contributed by atoms with E-state index in [0.29, 0.717) is 22.3 Å². The van der Waals surface area contributed by atoms with E-state index in [-0.39, 0.29) is 5.91 Å². The summed E-state index contributed by atoms with van der Waals surface area (Å²) in [5.41, 5.74) is 2.07. The number of rotatable bonds is 6. The Balaban J connectivity index is 1.61. The molecule has 7 nitrogen and oxygen atoms in total. The largest absolute Gasteiger partial charge is 0.497 e. The Hall–Kier alpha value is -3.65. The van der Waals surface area contributed by atoms with E-state index < -0.39 is 0 Å². The molecule has 29 heavy (non-hydrogen) atoms. The van der Waals surface area contributed by atoms with E-state index in [9.17, 15) is 4.79 Å².